The summed E-state index contributed by atoms with van der Waals surface area (Å²) in [7, 11) is 0. The average molecular weight is 468 g/mol. The molecule has 1 N–H and O–H groups in total. The highest BCUT2D eigenvalue weighted by Gasteiger charge is 2.18. The standard InChI is InChI=1S/C23H21N3O2S3/c1-3-10-26-22(28)20-17(18-9-6-11-29-18)13-30-21(20)25-23(26)31-14-19(27)24-16-8-5-7-15(4-2)12-16/h3,5-9,11-13H,1,4,10,14H2,2H3,(H,24,27). The molecular formula is C23H21N3O2S3. The number of nitrogens with one attached hydrogen (secondary N) is 1. The number of hydrogen-bond donors (Lipinski definition) is 1. The second kappa shape index (κ2) is 9.64. The molecule has 8 heteroatoms. The minimum Gasteiger partial charge on any atom is -0.325 e. The zero-order valence-electron chi connectivity index (χ0n) is 17.0. The van der Waals surface area contributed by atoms with E-state index in [2.05, 4.69) is 18.8 Å². The molecule has 3 aromatic heterocycles. The van der Waals surface area contributed by atoms with Gasteiger partial charge in [0.2, 0.25) is 5.91 Å². The van der Waals surface area contributed by atoms with E-state index in [1.165, 1.54) is 23.1 Å². The van der Waals surface area contributed by atoms with Crippen LogP contribution >= 0.6 is 34.4 Å². The van der Waals surface area contributed by atoms with Crippen molar-refractivity contribution in [2.45, 2.75) is 25.0 Å². The lowest BCUT2D eigenvalue weighted by atomic mass is 10.1. The van der Waals surface area contributed by atoms with Crippen molar-refractivity contribution in [3.05, 3.63) is 75.7 Å². The summed E-state index contributed by atoms with van der Waals surface area (Å²) in [5.74, 6) is 0.0254. The number of thioether (sulfide) groups is 1. The second-order valence-corrected chi connectivity index (χ2v) is 9.54. The van der Waals surface area contributed by atoms with E-state index in [1.54, 1.807) is 22.0 Å². The summed E-state index contributed by atoms with van der Waals surface area (Å²) in [5.41, 5.74) is 2.75. The van der Waals surface area contributed by atoms with Crippen LogP contribution in [0.25, 0.3) is 20.7 Å². The molecule has 4 rings (SSSR count). The fourth-order valence-corrected chi connectivity index (χ4v) is 5.83. The number of benzene rings is 1. The predicted molar refractivity (Wildman–Crippen MR) is 133 cm³/mol. The molecule has 0 saturated carbocycles. The molecule has 5 nitrogen and oxygen atoms in total. The van der Waals surface area contributed by atoms with Gasteiger partial charge in [-0.05, 0) is 35.6 Å². The molecule has 31 heavy (non-hydrogen) atoms. The van der Waals surface area contributed by atoms with Crippen molar-refractivity contribution in [1.29, 1.82) is 0 Å². The van der Waals surface area contributed by atoms with E-state index in [9.17, 15) is 9.59 Å². The quantitative estimate of drug-likeness (QED) is 0.206. The summed E-state index contributed by atoms with van der Waals surface area (Å²) in [6, 6.07) is 11.8. The Hall–Kier alpha value is -2.68. The number of anilines is 1. The van der Waals surface area contributed by atoms with Crippen LogP contribution in [0.2, 0.25) is 0 Å². The first kappa shape index (κ1) is 21.5. The smallest absolute Gasteiger partial charge is 0.263 e. The van der Waals surface area contributed by atoms with Crippen LogP contribution in [0.15, 0.2) is 69.8 Å². The first-order chi connectivity index (χ1) is 15.1. The first-order valence-corrected chi connectivity index (χ1v) is 12.5. The molecule has 0 aliphatic heterocycles. The van der Waals surface area contributed by atoms with Crippen molar-refractivity contribution in [3.63, 3.8) is 0 Å². The van der Waals surface area contributed by atoms with Crippen LogP contribution in [0.4, 0.5) is 5.69 Å². The summed E-state index contributed by atoms with van der Waals surface area (Å²) in [6.45, 7) is 6.19. The summed E-state index contributed by atoms with van der Waals surface area (Å²) in [4.78, 5) is 32.2. The number of aromatic nitrogens is 2. The number of nitrogens with zero attached hydrogens (tertiary/aromatic N) is 2. The summed E-state index contributed by atoms with van der Waals surface area (Å²) in [5, 5.41) is 8.04. The zero-order valence-corrected chi connectivity index (χ0v) is 19.4. The Bertz CT molecular complexity index is 1290. The van der Waals surface area contributed by atoms with Crippen molar-refractivity contribution < 1.29 is 4.79 Å². The van der Waals surface area contributed by atoms with E-state index in [0.29, 0.717) is 21.9 Å². The van der Waals surface area contributed by atoms with Gasteiger partial charge in [-0.1, -0.05) is 43.0 Å². The minimum atomic E-state index is -0.136. The summed E-state index contributed by atoms with van der Waals surface area (Å²) < 4.78 is 1.59. The van der Waals surface area contributed by atoms with Crippen molar-refractivity contribution in [2.24, 2.45) is 0 Å². The van der Waals surface area contributed by atoms with Crippen molar-refractivity contribution in [3.8, 4) is 10.4 Å². The van der Waals surface area contributed by atoms with Gasteiger partial charge in [0.1, 0.15) is 4.83 Å². The van der Waals surface area contributed by atoms with E-state index >= 15 is 0 Å². The molecule has 0 bridgehead atoms. The number of aryl methyl sites for hydroxylation is 1. The molecule has 158 valence electrons. The molecular weight excluding hydrogens is 446 g/mol. The largest absolute Gasteiger partial charge is 0.325 e. The topological polar surface area (TPSA) is 64.0 Å². The maximum absolute atomic E-state index is 13.3. The molecule has 0 unspecified atom stereocenters. The third-order valence-electron chi connectivity index (χ3n) is 4.71. The molecule has 1 amide bonds. The van der Waals surface area contributed by atoms with Crippen molar-refractivity contribution in [2.75, 3.05) is 11.1 Å². The van der Waals surface area contributed by atoms with Gasteiger partial charge in [-0.2, -0.15) is 0 Å². The highest BCUT2D eigenvalue weighted by molar-refractivity contribution is 7.99. The Kier molecular flexibility index (Phi) is 6.70. The van der Waals surface area contributed by atoms with Gasteiger partial charge in [0, 0.05) is 28.1 Å². The molecule has 0 aliphatic rings. The van der Waals surface area contributed by atoms with Crippen LogP contribution in [0.1, 0.15) is 12.5 Å². The highest BCUT2D eigenvalue weighted by atomic mass is 32.2. The fourth-order valence-electron chi connectivity index (χ4n) is 3.22. The van der Waals surface area contributed by atoms with E-state index in [0.717, 1.165) is 28.1 Å². The lowest BCUT2D eigenvalue weighted by Crippen LogP contribution is -2.23. The summed E-state index contributed by atoms with van der Waals surface area (Å²) >= 11 is 4.31. The number of amides is 1. The SMILES string of the molecule is C=CCn1c(SCC(=O)Nc2cccc(CC)c2)nc2scc(-c3cccs3)c2c1=O. The van der Waals surface area contributed by atoms with Crippen LogP contribution in [0, 0.1) is 0 Å². The van der Waals surface area contributed by atoms with Gasteiger partial charge in [0.25, 0.3) is 5.56 Å². The maximum Gasteiger partial charge on any atom is 0.263 e. The lowest BCUT2D eigenvalue weighted by Gasteiger charge is -2.11. The maximum atomic E-state index is 13.3. The lowest BCUT2D eigenvalue weighted by molar-refractivity contribution is -0.113. The van der Waals surface area contributed by atoms with Gasteiger partial charge in [-0.15, -0.1) is 29.3 Å². The predicted octanol–water partition coefficient (Wildman–Crippen LogP) is 5.67. The van der Waals surface area contributed by atoms with E-state index in [1.807, 2.05) is 47.2 Å². The number of rotatable bonds is 8. The van der Waals surface area contributed by atoms with Gasteiger partial charge in [-0.3, -0.25) is 14.2 Å². The molecule has 4 aromatic rings. The Morgan fingerprint density at radius 2 is 2.16 bits per heavy atom. The number of hydrogen-bond acceptors (Lipinski definition) is 6. The Morgan fingerprint density at radius 3 is 2.90 bits per heavy atom. The minimum absolute atomic E-state index is 0.104. The van der Waals surface area contributed by atoms with E-state index in [-0.39, 0.29) is 17.2 Å². The number of allylic oxidation sites excluding steroid dienone is 1. The molecule has 0 radical (unpaired) electrons. The Labute approximate surface area is 192 Å². The van der Waals surface area contributed by atoms with Crippen LogP contribution < -0.4 is 10.9 Å². The number of carbonyl (C=O) groups excluding carboxylic acids is 1. The van der Waals surface area contributed by atoms with E-state index in [4.69, 9.17) is 4.98 Å². The monoisotopic (exact) mass is 467 g/mol. The second-order valence-electron chi connectivity index (χ2n) is 6.80. The first-order valence-electron chi connectivity index (χ1n) is 9.79. The normalized spacial score (nSPS) is 11.0. The third kappa shape index (κ3) is 4.66. The molecule has 0 atom stereocenters. The summed E-state index contributed by atoms with van der Waals surface area (Å²) in [6.07, 6.45) is 2.58. The Balaban J connectivity index is 1.59. The van der Waals surface area contributed by atoms with Gasteiger partial charge in [0.05, 0.1) is 11.1 Å². The number of carbonyl (C=O) groups is 1. The Morgan fingerprint density at radius 1 is 1.29 bits per heavy atom. The highest BCUT2D eigenvalue weighted by Crippen LogP contribution is 2.34. The van der Waals surface area contributed by atoms with Gasteiger partial charge in [0.15, 0.2) is 5.16 Å². The van der Waals surface area contributed by atoms with Crippen LogP contribution in [0.3, 0.4) is 0 Å². The molecule has 0 fully saturated rings. The molecule has 0 spiro atoms. The molecule has 0 aliphatic carbocycles. The van der Waals surface area contributed by atoms with Gasteiger partial charge < -0.3 is 5.32 Å². The van der Waals surface area contributed by atoms with Crippen LogP contribution in [-0.4, -0.2) is 21.2 Å². The van der Waals surface area contributed by atoms with Crippen LogP contribution in [-0.2, 0) is 17.8 Å². The van der Waals surface area contributed by atoms with E-state index < -0.39 is 0 Å². The molecule has 0 saturated heterocycles. The van der Waals surface area contributed by atoms with Gasteiger partial charge in [-0.25, -0.2) is 4.98 Å². The average Bonchev–Trinajstić information content (AvgIpc) is 3.44. The number of thiophene rings is 2. The van der Waals surface area contributed by atoms with Crippen molar-refractivity contribution in [1.82, 2.24) is 9.55 Å². The molecule has 1 aromatic carbocycles. The van der Waals surface area contributed by atoms with Crippen molar-refractivity contribution >= 4 is 56.2 Å². The van der Waals surface area contributed by atoms with Gasteiger partial charge >= 0.3 is 0 Å². The zero-order chi connectivity index (χ0) is 21.8. The van der Waals surface area contributed by atoms with Crippen LogP contribution in [0.5, 0.6) is 0 Å². The fraction of sp³-hybridized carbons (Fsp3) is 0.174. The third-order valence-corrected chi connectivity index (χ3v) is 7.46. The molecule has 3 heterocycles. The number of fused-ring (bicyclic) bond motifs is 1.